The van der Waals surface area contributed by atoms with E-state index in [-0.39, 0.29) is 17.6 Å². The molecule has 1 unspecified atom stereocenters. The van der Waals surface area contributed by atoms with Crippen molar-refractivity contribution in [1.82, 2.24) is 9.88 Å². The second-order valence-electron chi connectivity index (χ2n) is 7.13. The molecule has 1 spiro atoms. The van der Waals surface area contributed by atoms with E-state index in [0.29, 0.717) is 38.6 Å². The smallest absolute Gasteiger partial charge is 0.223 e. The highest BCUT2D eigenvalue weighted by atomic mass is 16.5. The lowest BCUT2D eigenvalue weighted by Crippen LogP contribution is -2.67. The maximum Gasteiger partial charge on any atom is 0.223 e. The monoisotopic (exact) mass is 318 g/mol. The van der Waals surface area contributed by atoms with Crippen LogP contribution in [0.4, 0.5) is 0 Å². The van der Waals surface area contributed by atoms with E-state index in [2.05, 4.69) is 18.8 Å². The molecule has 1 amide bonds. The van der Waals surface area contributed by atoms with Gasteiger partial charge in [-0.3, -0.25) is 9.78 Å². The highest BCUT2D eigenvalue weighted by Gasteiger charge is 2.49. The number of hydrogen-bond donors (Lipinski definition) is 0. The van der Waals surface area contributed by atoms with E-state index in [4.69, 9.17) is 9.47 Å². The van der Waals surface area contributed by atoms with Crippen LogP contribution < -0.4 is 0 Å². The molecule has 5 heteroatoms. The topological polar surface area (TPSA) is 51.7 Å². The van der Waals surface area contributed by atoms with Gasteiger partial charge in [0.25, 0.3) is 0 Å². The first-order valence-corrected chi connectivity index (χ1v) is 8.50. The Kier molecular flexibility index (Phi) is 4.97. The summed E-state index contributed by atoms with van der Waals surface area (Å²) in [7, 11) is 0. The van der Waals surface area contributed by atoms with Crippen molar-refractivity contribution >= 4 is 5.91 Å². The normalized spacial score (nSPS) is 23.1. The highest BCUT2D eigenvalue weighted by Crippen LogP contribution is 2.36. The van der Waals surface area contributed by atoms with Gasteiger partial charge in [0, 0.05) is 25.6 Å². The molecular formula is C18H26N2O3. The predicted molar refractivity (Wildman–Crippen MR) is 86.8 cm³/mol. The van der Waals surface area contributed by atoms with E-state index < -0.39 is 0 Å². The van der Waals surface area contributed by atoms with Gasteiger partial charge in [-0.05, 0) is 24.5 Å². The molecule has 5 nitrogen and oxygen atoms in total. The number of carbonyl (C=O) groups is 1. The summed E-state index contributed by atoms with van der Waals surface area (Å²) in [5, 5.41) is 0. The summed E-state index contributed by atoms with van der Waals surface area (Å²) in [5.74, 6) is 0.645. The Hall–Kier alpha value is -1.46. The third-order valence-corrected chi connectivity index (χ3v) is 4.53. The average molecular weight is 318 g/mol. The molecule has 3 rings (SSSR count). The number of carbonyl (C=O) groups excluding carboxylic acids is 1. The molecule has 3 heterocycles. The van der Waals surface area contributed by atoms with E-state index in [0.717, 1.165) is 18.5 Å². The van der Waals surface area contributed by atoms with Gasteiger partial charge in [0.2, 0.25) is 5.91 Å². The van der Waals surface area contributed by atoms with Crippen LogP contribution in [0.5, 0.6) is 0 Å². The second-order valence-corrected chi connectivity index (χ2v) is 7.13. The van der Waals surface area contributed by atoms with Crippen LogP contribution >= 0.6 is 0 Å². The maximum absolute atomic E-state index is 12.1. The Balaban J connectivity index is 1.47. The number of likely N-dealkylation sites (tertiary alicyclic amines) is 1. The predicted octanol–water partition coefficient (Wildman–Crippen LogP) is 2.40. The number of nitrogens with zero attached hydrogens (tertiary/aromatic N) is 2. The molecule has 1 aromatic heterocycles. The minimum atomic E-state index is -0.181. The van der Waals surface area contributed by atoms with Gasteiger partial charge < -0.3 is 14.4 Å². The number of amides is 1. The Bertz CT molecular complexity index is 526. The summed E-state index contributed by atoms with van der Waals surface area (Å²) in [6.07, 6.45) is 4.37. The summed E-state index contributed by atoms with van der Waals surface area (Å²) in [4.78, 5) is 18.3. The third kappa shape index (κ3) is 4.09. The number of aromatic nitrogens is 1. The van der Waals surface area contributed by atoms with Crippen LogP contribution in [0.3, 0.4) is 0 Å². The molecule has 2 fully saturated rings. The van der Waals surface area contributed by atoms with Crippen molar-refractivity contribution in [2.45, 2.75) is 51.4 Å². The first kappa shape index (κ1) is 16.4. The zero-order chi connectivity index (χ0) is 16.3. The van der Waals surface area contributed by atoms with E-state index in [1.165, 1.54) is 0 Å². The van der Waals surface area contributed by atoms with Crippen LogP contribution in [0.2, 0.25) is 0 Å². The van der Waals surface area contributed by atoms with Crippen molar-refractivity contribution < 1.29 is 14.3 Å². The van der Waals surface area contributed by atoms with Gasteiger partial charge >= 0.3 is 0 Å². The minimum absolute atomic E-state index is 0.181. The number of rotatable bonds is 5. The van der Waals surface area contributed by atoms with Crippen molar-refractivity contribution in [2.75, 3.05) is 19.7 Å². The maximum atomic E-state index is 12.1. The molecule has 2 aliphatic heterocycles. The first-order valence-electron chi connectivity index (χ1n) is 8.50. The molecule has 1 aromatic rings. The van der Waals surface area contributed by atoms with Crippen molar-refractivity contribution in [3.05, 3.63) is 30.1 Å². The molecule has 0 aliphatic carbocycles. The van der Waals surface area contributed by atoms with Gasteiger partial charge in [-0.1, -0.05) is 19.9 Å². The lowest BCUT2D eigenvalue weighted by Gasteiger charge is -2.53. The lowest BCUT2D eigenvalue weighted by atomic mass is 9.84. The van der Waals surface area contributed by atoms with Crippen LogP contribution in [0, 0.1) is 5.92 Å². The molecule has 2 aliphatic rings. The zero-order valence-corrected chi connectivity index (χ0v) is 14.0. The van der Waals surface area contributed by atoms with Crippen LogP contribution in [0.25, 0.3) is 0 Å². The Morgan fingerprint density at radius 3 is 3.00 bits per heavy atom. The molecular weight excluding hydrogens is 292 g/mol. The van der Waals surface area contributed by atoms with Gasteiger partial charge in [0.1, 0.15) is 5.60 Å². The fraction of sp³-hybridized carbons (Fsp3) is 0.667. The molecule has 0 saturated carbocycles. The fourth-order valence-electron chi connectivity index (χ4n) is 3.34. The Labute approximate surface area is 138 Å². The summed E-state index contributed by atoms with van der Waals surface area (Å²) in [6, 6.07) is 5.86. The largest absolute Gasteiger partial charge is 0.372 e. The van der Waals surface area contributed by atoms with Crippen LogP contribution in [-0.2, 0) is 20.9 Å². The first-order chi connectivity index (χ1) is 11.1. The number of pyridine rings is 1. The van der Waals surface area contributed by atoms with Crippen LogP contribution in [0.15, 0.2) is 24.4 Å². The molecule has 0 bridgehead atoms. The quantitative estimate of drug-likeness (QED) is 0.836. The average Bonchev–Trinajstić information content (AvgIpc) is 2.51. The van der Waals surface area contributed by atoms with Gasteiger partial charge in [0.15, 0.2) is 0 Å². The SMILES string of the molecule is CC(C)CC(=O)N1CC2(CC(OCc3ccccn3)CCO2)C1. The van der Waals surface area contributed by atoms with Crippen LogP contribution in [-0.4, -0.2) is 47.2 Å². The van der Waals surface area contributed by atoms with E-state index >= 15 is 0 Å². The van der Waals surface area contributed by atoms with Gasteiger partial charge in [-0.2, -0.15) is 0 Å². The van der Waals surface area contributed by atoms with Gasteiger partial charge in [0.05, 0.1) is 31.5 Å². The number of hydrogen-bond acceptors (Lipinski definition) is 4. The standard InChI is InChI=1S/C18H26N2O3/c1-14(2)9-17(21)20-12-18(13-20)10-16(6-8-23-18)22-11-15-5-3-4-7-19-15/h3-5,7,14,16H,6,8-13H2,1-2H3. The molecule has 2 saturated heterocycles. The van der Waals surface area contributed by atoms with E-state index in [1.54, 1.807) is 6.20 Å². The highest BCUT2D eigenvalue weighted by molar-refractivity contribution is 5.77. The minimum Gasteiger partial charge on any atom is -0.372 e. The molecule has 0 aromatic carbocycles. The van der Waals surface area contributed by atoms with Gasteiger partial charge in [-0.25, -0.2) is 0 Å². The third-order valence-electron chi connectivity index (χ3n) is 4.53. The lowest BCUT2D eigenvalue weighted by molar-refractivity contribution is -0.203. The van der Waals surface area contributed by atoms with Crippen molar-refractivity contribution in [3.8, 4) is 0 Å². The van der Waals surface area contributed by atoms with E-state index in [1.807, 2.05) is 23.1 Å². The van der Waals surface area contributed by atoms with E-state index in [9.17, 15) is 4.79 Å². The fourth-order valence-corrected chi connectivity index (χ4v) is 3.34. The summed E-state index contributed by atoms with van der Waals surface area (Å²) in [6.45, 7) is 6.82. The second kappa shape index (κ2) is 6.97. The van der Waals surface area contributed by atoms with Gasteiger partial charge in [-0.15, -0.1) is 0 Å². The number of ether oxygens (including phenoxy) is 2. The summed E-state index contributed by atoms with van der Waals surface area (Å²) in [5.41, 5.74) is 0.773. The van der Waals surface area contributed by atoms with Crippen LogP contribution in [0.1, 0.15) is 38.8 Å². The van der Waals surface area contributed by atoms with Crippen molar-refractivity contribution in [3.63, 3.8) is 0 Å². The molecule has 126 valence electrons. The Morgan fingerprint density at radius 2 is 2.30 bits per heavy atom. The van der Waals surface area contributed by atoms with Crippen molar-refractivity contribution in [1.29, 1.82) is 0 Å². The zero-order valence-electron chi connectivity index (χ0n) is 14.0. The molecule has 1 atom stereocenters. The summed E-state index contributed by atoms with van der Waals surface area (Å²) >= 11 is 0. The Morgan fingerprint density at radius 1 is 1.48 bits per heavy atom. The molecule has 23 heavy (non-hydrogen) atoms. The summed E-state index contributed by atoms with van der Waals surface area (Å²) < 4.78 is 12.0. The molecule has 0 N–H and O–H groups in total. The molecule has 0 radical (unpaired) electrons. The van der Waals surface area contributed by atoms with Crippen molar-refractivity contribution in [2.24, 2.45) is 5.92 Å².